The first kappa shape index (κ1) is 24.6. The number of furan rings is 1. The van der Waals surface area contributed by atoms with Gasteiger partial charge >= 0.3 is 0 Å². The molecule has 2 aromatic carbocycles. The second kappa shape index (κ2) is 10.1. The van der Waals surface area contributed by atoms with Crippen LogP contribution in [0, 0.1) is 24.4 Å². The van der Waals surface area contributed by atoms with E-state index in [9.17, 15) is 13.6 Å². The van der Waals surface area contributed by atoms with Crippen LogP contribution in [0.4, 0.5) is 13.2 Å². The van der Waals surface area contributed by atoms with Gasteiger partial charge < -0.3 is 14.0 Å². The molecule has 0 unspecified atom stereocenters. The summed E-state index contributed by atoms with van der Waals surface area (Å²) in [5, 5.41) is 0.522. The molecule has 0 atom stereocenters. The fourth-order valence-electron chi connectivity index (χ4n) is 4.28. The number of fused-ring (bicyclic) bond motifs is 1. The molecule has 6 nitrogen and oxygen atoms in total. The summed E-state index contributed by atoms with van der Waals surface area (Å²) in [7, 11) is 1.33. The molecule has 0 saturated heterocycles. The van der Waals surface area contributed by atoms with Crippen molar-refractivity contribution in [3.8, 4) is 22.6 Å². The highest BCUT2D eigenvalue weighted by Gasteiger charge is 2.29. The number of pyridine rings is 1. The van der Waals surface area contributed by atoms with Crippen LogP contribution in [0.3, 0.4) is 0 Å². The number of hydrogen-bond donors (Lipinski definition) is 1. The van der Waals surface area contributed by atoms with Gasteiger partial charge in [0.05, 0.1) is 35.9 Å². The molecule has 1 aliphatic heterocycles. The third-order valence-corrected chi connectivity index (χ3v) is 7.26. The van der Waals surface area contributed by atoms with Crippen molar-refractivity contribution < 1.29 is 27.2 Å². The van der Waals surface area contributed by atoms with Crippen LogP contribution in [0.15, 0.2) is 75.4 Å². The monoisotopic (exact) mass is 526 g/mol. The number of aromatic nitrogens is 1. The van der Waals surface area contributed by atoms with Crippen molar-refractivity contribution in [3.05, 3.63) is 106 Å². The van der Waals surface area contributed by atoms with Crippen molar-refractivity contribution in [1.29, 1.82) is 0 Å². The molecular weight excluding hydrogens is 505 g/mol. The van der Waals surface area contributed by atoms with Crippen molar-refractivity contribution in [2.45, 2.75) is 18.4 Å². The van der Waals surface area contributed by atoms with E-state index < -0.39 is 23.0 Å². The summed E-state index contributed by atoms with van der Waals surface area (Å²) in [6, 6.07) is 9.77. The zero-order chi connectivity index (χ0) is 26.1. The van der Waals surface area contributed by atoms with Crippen LogP contribution in [0.5, 0.6) is 11.5 Å². The number of ether oxygens (including phenoxy) is 1. The molecule has 0 saturated carbocycles. The van der Waals surface area contributed by atoms with Gasteiger partial charge in [-0.2, -0.15) is 0 Å². The Morgan fingerprint density at radius 2 is 1.86 bits per heavy atom. The summed E-state index contributed by atoms with van der Waals surface area (Å²) in [4.78, 5) is 19.2. The third kappa shape index (κ3) is 4.48. The molecule has 5 rings (SSSR count). The van der Waals surface area contributed by atoms with Crippen LogP contribution in [0.1, 0.15) is 16.7 Å². The third-order valence-electron chi connectivity index (χ3n) is 6.12. The first-order valence-corrected chi connectivity index (χ1v) is 12.2. The normalized spacial score (nSPS) is 13.6. The van der Waals surface area contributed by atoms with E-state index in [1.54, 1.807) is 19.1 Å². The van der Waals surface area contributed by atoms with Crippen LogP contribution in [-0.4, -0.2) is 17.4 Å². The van der Waals surface area contributed by atoms with E-state index in [1.165, 1.54) is 72.5 Å². The highest BCUT2D eigenvalue weighted by molar-refractivity contribution is 8.00. The van der Waals surface area contributed by atoms with Crippen LogP contribution >= 0.6 is 11.8 Å². The average molecular weight is 527 g/mol. The predicted octanol–water partition coefficient (Wildman–Crippen LogP) is 5.92. The molecule has 190 valence electrons. The zero-order valence-electron chi connectivity index (χ0n) is 19.8. The summed E-state index contributed by atoms with van der Waals surface area (Å²) in [5.74, 6) is -1.34. The van der Waals surface area contributed by atoms with Crippen molar-refractivity contribution >= 4 is 17.5 Å². The summed E-state index contributed by atoms with van der Waals surface area (Å²) in [5.41, 5.74) is 3.66. The molecule has 4 aromatic rings. The van der Waals surface area contributed by atoms with Gasteiger partial charge in [-0.1, -0.05) is 18.2 Å². The Hall–Kier alpha value is -4.05. The van der Waals surface area contributed by atoms with E-state index in [1.807, 2.05) is 0 Å². The van der Waals surface area contributed by atoms with Crippen molar-refractivity contribution in [3.63, 3.8) is 0 Å². The first-order chi connectivity index (χ1) is 17.9. The standard InChI is InChI=1S/C27H21F3N2O4S/c1-15-19(11-20-21(28)6-4-7-22(20)29)27-32(16(14-37-27)12-31-36-17-9-10-35-13-17)26(33)24(15)18-5-3-8-23(34-2)25(18)30/h3-10,12-13,31H,11,14H2,1-2H3. The fraction of sp³-hybridized carbons (Fsp3) is 0.148. The molecule has 37 heavy (non-hydrogen) atoms. The average Bonchev–Trinajstić information content (AvgIpc) is 3.55. The first-order valence-electron chi connectivity index (χ1n) is 11.2. The molecule has 1 aliphatic rings. The maximum Gasteiger partial charge on any atom is 0.264 e. The highest BCUT2D eigenvalue weighted by atomic mass is 32.2. The van der Waals surface area contributed by atoms with Gasteiger partial charge in [0, 0.05) is 29.4 Å². The summed E-state index contributed by atoms with van der Waals surface area (Å²) in [6.45, 7) is 1.66. The second-order valence-corrected chi connectivity index (χ2v) is 9.19. The SMILES string of the molecule is COc1cccc(-c2c(C)c(Cc3c(F)cccc3F)c3n(c2=O)C(=CNOc2ccoc2)CS3)c1F. The van der Waals surface area contributed by atoms with E-state index in [-0.39, 0.29) is 28.9 Å². The number of nitrogens with zero attached hydrogens (tertiary/aromatic N) is 1. The van der Waals surface area contributed by atoms with Gasteiger partial charge in [-0.3, -0.25) is 9.36 Å². The minimum absolute atomic E-state index is 0.0242. The Bertz CT molecular complexity index is 1540. The fourth-order valence-corrected chi connectivity index (χ4v) is 5.50. The lowest BCUT2D eigenvalue weighted by Gasteiger charge is -2.19. The lowest BCUT2D eigenvalue weighted by molar-refractivity contribution is 0.240. The van der Waals surface area contributed by atoms with E-state index in [0.717, 1.165) is 0 Å². The molecule has 0 fully saturated rings. The van der Waals surface area contributed by atoms with Crippen LogP contribution in [-0.2, 0) is 6.42 Å². The summed E-state index contributed by atoms with van der Waals surface area (Å²) in [6.07, 6.45) is 4.22. The molecule has 0 aliphatic carbocycles. The number of hydrogen-bond acceptors (Lipinski definition) is 6. The quantitative estimate of drug-likeness (QED) is 0.302. The summed E-state index contributed by atoms with van der Waals surface area (Å²) < 4.78 is 56.1. The minimum Gasteiger partial charge on any atom is -0.494 e. The summed E-state index contributed by atoms with van der Waals surface area (Å²) >= 11 is 1.34. The maximum atomic E-state index is 15.4. The Morgan fingerprint density at radius 1 is 1.11 bits per heavy atom. The maximum absolute atomic E-state index is 15.4. The molecule has 3 heterocycles. The van der Waals surface area contributed by atoms with E-state index in [4.69, 9.17) is 14.0 Å². The molecule has 1 N–H and O–H groups in total. The number of halogens is 3. The van der Waals surface area contributed by atoms with Crippen molar-refractivity contribution in [1.82, 2.24) is 10.0 Å². The smallest absolute Gasteiger partial charge is 0.264 e. The molecule has 10 heteroatoms. The van der Waals surface area contributed by atoms with Gasteiger partial charge in [-0.15, -0.1) is 11.8 Å². The molecule has 2 aromatic heterocycles. The largest absolute Gasteiger partial charge is 0.494 e. The highest BCUT2D eigenvalue weighted by Crippen LogP contribution is 2.40. The molecular formula is C27H21F3N2O4S. The number of benzene rings is 2. The lowest BCUT2D eigenvalue weighted by atomic mass is 9.94. The minimum atomic E-state index is -0.702. The van der Waals surface area contributed by atoms with Crippen LogP contribution in [0.2, 0.25) is 0 Å². The van der Waals surface area contributed by atoms with Crippen molar-refractivity contribution in [2.24, 2.45) is 0 Å². The van der Waals surface area contributed by atoms with Crippen LogP contribution in [0.25, 0.3) is 16.8 Å². The lowest BCUT2D eigenvalue weighted by Crippen LogP contribution is -2.25. The molecule has 0 radical (unpaired) electrons. The predicted molar refractivity (Wildman–Crippen MR) is 134 cm³/mol. The van der Waals surface area contributed by atoms with Gasteiger partial charge in [0.25, 0.3) is 5.56 Å². The Labute approximate surface area is 214 Å². The Morgan fingerprint density at radius 3 is 2.57 bits per heavy atom. The molecule has 0 amide bonds. The number of hydroxylamine groups is 1. The number of rotatable bonds is 7. The number of methoxy groups -OCH3 is 1. The van der Waals surface area contributed by atoms with Gasteiger partial charge in [0.15, 0.2) is 17.3 Å². The second-order valence-electron chi connectivity index (χ2n) is 8.23. The Balaban J connectivity index is 1.70. The van der Waals surface area contributed by atoms with Gasteiger partial charge in [-0.05, 0) is 36.2 Å². The zero-order valence-corrected chi connectivity index (χ0v) is 20.6. The van der Waals surface area contributed by atoms with E-state index >= 15 is 4.39 Å². The number of thioether (sulfide) groups is 1. The molecule has 0 bridgehead atoms. The van der Waals surface area contributed by atoms with Gasteiger partial charge in [0.2, 0.25) is 0 Å². The topological polar surface area (TPSA) is 65.6 Å². The van der Waals surface area contributed by atoms with Gasteiger partial charge in [-0.25, -0.2) is 18.7 Å². The van der Waals surface area contributed by atoms with E-state index in [2.05, 4.69) is 5.48 Å². The Kier molecular flexibility index (Phi) is 6.75. The van der Waals surface area contributed by atoms with Crippen molar-refractivity contribution in [2.75, 3.05) is 12.9 Å². The number of nitrogens with one attached hydrogen (secondary N) is 1. The van der Waals surface area contributed by atoms with Gasteiger partial charge in [0.1, 0.15) is 17.9 Å². The van der Waals surface area contributed by atoms with Crippen LogP contribution < -0.4 is 20.6 Å². The van der Waals surface area contributed by atoms with E-state index in [0.29, 0.717) is 33.4 Å². The molecule has 0 spiro atoms.